The predicted octanol–water partition coefficient (Wildman–Crippen LogP) is 2.72. The Morgan fingerprint density at radius 2 is 2.27 bits per heavy atom. The van der Waals surface area contributed by atoms with E-state index in [1.54, 1.807) is 13.0 Å². The predicted molar refractivity (Wildman–Crippen MR) is 59.6 cm³/mol. The van der Waals surface area contributed by atoms with Crippen LogP contribution in [0.15, 0.2) is 27.7 Å². The van der Waals surface area contributed by atoms with E-state index >= 15 is 0 Å². The molecule has 1 aromatic carbocycles. The molecule has 0 aliphatic heterocycles. The molecule has 0 radical (unpaired) electrons. The van der Waals surface area contributed by atoms with Gasteiger partial charge in [0.2, 0.25) is 0 Å². The van der Waals surface area contributed by atoms with E-state index in [2.05, 4.69) is 9.36 Å². The molecule has 2 N–H and O–H groups in total. The quantitative estimate of drug-likeness (QED) is 0.821. The van der Waals surface area contributed by atoms with Gasteiger partial charge in [-0.05, 0) is 36.2 Å². The second kappa shape index (κ2) is 4.16. The van der Waals surface area contributed by atoms with Crippen LogP contribution in [-0.2, 0) is 0 Å². The third kappa shape index (κ3) is 2.27. The van der Waals surface area contributed by atoms with Gasteiger partial charge in [0.15, 0.2) is 4.34 Å². The average Bonchev–Trinajstić information content (AvgIpc) is 2.67. The fourth-order valence-electron chi connectivity index (χ4n) is 1.06. The summed E-state index contributed by atoms with van der Waals surface area (Å²) in [5.41, 5.74) is 6.71. The minimum Gasteiger partial charge on any atom is -0.398 e. The summed E-state index contributed by atoms with van der Waals surface area (Å²) in [7, 11) is 0. The molecule has 1 aromatic heterocycles. The molecular weight excluding hydrogens is 233 g/mol. The Bertz CT molecular complexity index is 470. The molecule has 0 saturated heterocycles. The molecule has 0 aliphatic carbocycles. The molecule has 2 aromatic rings. The molecule has 6 heteroatoms. The number of hydrogen-bond donors (Lipinski definition) is 1. The topological polar surface area (TPSA) is 51.8 Å². The second-order valence-corrected chi connectivity index (χ2v) is 5.02. The number of rotatable bonds is 2. The summed E-state index contributed by atoms with van der Waals surface area (Å²) in [6.45, 7) is 1.71. The van der Waals surface area contributed by atoms with Crippen LogP contribution in [-0.4, -0.2) is 9.36 Å². The summed E-state index contributed by atoms with van der Waals surface area (Å²) in [4.78, 5) is 4.84. The van der Waals surface area contributed by atoms with Gasteiger partial charge in [0.25, 0.3) is 0 Å². The third-order valence-electron chi connectivity index (χ3n) is 1.83. The SMILES string of the molecule is Cc1cc(Sc2ncns2)c(N)cc1F. The first-order valence-electron chi connectivity index (χ1n) is 4.17. The molecule has 0 fully saturated rings. The molecule has 2 rings (SSSR count). The first-order valence-corrected chi connectivity index (χ1v) is 5.76. The molecule has 0 atom stereocenters. The van der Waals surface area contributed by atoms with E-state index in [0.717, 1.165) is 9.24 Å². The summed E-state index contributed by atoms with van der Waals surface area (Å²) in [6.07, 6.45) is 1.49. The van der Waals surface area contributed by atoms with Crippen LogP contribution in [0.5, 0.6) is 0 Å². The number of benzene rings is 1. The highest BCUT2D eigenvalue weighted by atomic mass is 32.2. The Kier molecular flexibility index (Phi) is 2.88. The Hall–Kier alpha value is -1.14. The zero-order valence-corrected chi connectivity index (χ0v) is 9.53. The molecule has 0 aliphatic rings. The van der Waals surface area contributed by atoms with Crippen molar-refractivity contribution in [3.63, 3.8) is 0 Å². The van der Waals surface area contributed by atoms with Crippen molar-refractivity contribution >= 4 is 29.0 Å². The van der Waals surface area contributed by atoms with Crippen LogP contribution in [0.2, 0.25) is 0 Å². The molecule has 78 valence electrons. The standard InChI is InChI=1S/C9H8FN3S2/c1-5-2-8(7(11)3-6(5)10)14-9-12-4-13-15-9/h2-4H,11H2,1H3. The van der Waals surface area contributed by atoms with E-state index in [4.69, 9.17) is 5.73 Å². The lowest BCUT2D eigenvalue weighted by Crippen LogP contribution is -1.92. The summed E-state index contributed by atoms with van der Waals surface area (Å²) >= 11 is 2.69. The second-order valence-electron chi connectivity index (χ2n) is 2.95. The van der Waals surface area contributed by atoms with Crippen molar-refractivity contribution in [2.45, 2.75) is 16.2 Å². The van der Waals surface area contributed by atoms with Crippen molar-refractivity contribution < 1.29 is 4.39 Å². The van der Waals surface area contributed by atoms with Gasteiger partial charge >= 0.3 is 0 Å². The number of aryl methyl sites for hydroxylation is 1. The lowest BCUT2D eigenvalue weighted by molar-refractivity contribution is 0.618. The van der Waals surface area contributed by atoms with Crippen LogP contribution in [0.3, 0.4) is 0 Å². The van der Waals surface area contributed by atoms with Gasteiger partial charge in [-0.1, -0.05) is 11.8 Å². The van der Waals surface area contributed by atoms with Gasteiger partial charge in [0.05, 0.1) is 0 Å². The molecular formula is C9H8FN3S2. The summed E-state index contributed by atoms with van der Waals surface area (Å²) in [5, 5.41) is 0. The molecule has 0 amide bonds. The van der Waals surface area contributed by atoms with Crippen molar-refractivity contribution in [3.8, 4) is 0 Å². The molecule has 0 unspecified atom stereocenters. The van der Waals surface area contributed by atoms with Gasteiger partial charge in [0, 0.05) is 10.6 Å². The third-order valence-corrected chi connectivity index (χ3v) is 3.62. The summed E-state index contributed by atoms with van der Waals surface area (Å²) < 4.78 is 17.8. The number of nitrogens with two attached hydrogens (primary N) is 1. The van der Waals surface area contributed by atoms with Gasteiger partial charge in [-0.15, -0.1) is 0 Å². The van der Waals surface area contributed by atoms with Crippen LogP contribution in [0.1, 0.15) is 5.56 Å². The number of nitrogen functional groups attached to an aromatic ring is 1. The summed E-state index contributed by atoms with van der Waals surface area (Å²) in [6, 6.07) is 3.05. The number of anilines is 1. The van der Waals surface area contributed by atoms with Gasteiger partial charge < -0.3 is 5.73 Å². The van der Waals surface area contributed by atoms with Gasteiger partial charge in [-0.3, -0.25) is 0 Å². The van der Waals surface area contributed by atoms with Crippen LogP contribution >= 0.6 is 23.3 Å². The van der Waals surface area contributed by atoms with Crippen molar-refractivity contribution in [1.82, 2.24) is 9.36 Å². The Labute approximate surface area is 94.7 Å². The Morgan fingerprint density at radius 3 is 2.93 bits per heavy atom. The maximum atomic E-state index is 13.1. The van der Waals surface area contributed by atoms with Crippen LogP contribution in [0, 0.1) is 12.7 Å². The van der Waals surface area contributed by atoms with Crippen LogP contribution in [0.4, 0.5) is 10.1 Å². The minimum atomic E-state index is -0.283. The van der Waals surface area contributed by atoms with Gasteiger partial charge in [0.1, 0.15) is 12.1 Å². The molecule has 1 heterocycles. The zero-order valence-electron chi connectivity index (χ0n) is 7.90. The lowest BCUT2D eigenvalue weighted by Gasteiger charge is -2.05. The van der Waals surface area contributed by atoms with Crippen molar-refractivity contribution in [2.75, 3.05) is 5.73 Å². The van der Waals surface area contributed by atoms with Crippen molar-refractivity contribution in [1.29, 1.82) is 0 Å². The first kappa shape index (κ1) is 10.4. The molecule has 0 bridgehead atoms. The molecule has 15 heavy (non-hydrogen) atoms. The fourth-order valence-corrected chi connectivity index (χ4v) is 2.59. The van der Waals surface area contributed by atoms with Crippen LogP contribution in [0.25, 0.3) is 0 Å². The maximum Gasteiger partial charge on any atom is 0.174 e. The lowest BCUT2D eigenvalue weighted by atomic mass is 10.2. The van der Waals surface area contributed by atoms with E-state index < -0.39 is 0 Å². The van der Waals surface area contributed by atoms with Gasteiger partial charge in [-0.25, -0.2) is 9.37 Å². The highest BCUT2D eigenvalue weighted by Crippen LogP contribution is 2.33. The van der Waals surface area contributed by atoms with E-state index in [1.807, 2.05) is 0 Å². The number of hydrogen-bond acceptors (Lipinski definition) is 5. The van der Waals surface area contributed by atoms with E-state index in [1.165, 1.54) is 35.7 Å². The van der Waals surface area contributed by atoms with E-state index in [0.29, 0.717) is 11.3 Å². The van der Waals surface area contributed by atoms with Crippen molar-refractivity contribution in [3.05, 3.63) is 29.8 Å². The number of aromatic nitrogens is 2. The summed E-state index contributed by atoms with van der Waals surface area (Å²) in [5.74, 6) is -0.283. The first-order chi connectivity index (χ1) is 7.16. The highest BCUT2D eigenvalue weighted by molar-refractivity contribution is 8.01. The minimum absolute atomic E-state index is 0.283. The molecule has 0 saturated carbocycles. The zero-order chi connectivity index (χ0) is 10.8. The largest absolute Gasteiger partial charge is 0.398 e. The van der Waals surface area contributed by atoms with Crippen molar-refractivity contribution in [2.24, 2.45) is 0 Å². The Morgan fingerprint density at radius 1 is 1.47 bits per heavy atom. The number of nitrogens with zero attached hydrogens (tertiary/aromatic N) is 2. The monoisotopic (exact) mass is 241 g/mol. The van der Waals surface area contributed by atoms with E-state index in [9.17, 15) is 4.39 Å². The maximum absolute atomic E-state index is 13.1. The van der Waals surface area contributed by atoms with E-state index in [-0.39, 0.29) is 5.82 Å². The average molecular weight is 241 g/mol. The fraction of sp³-hybridized carbons (Fsp3) is 0.111. The van der Waals surface area contributed by atoms with Gasteiger partial charge in [-0.2, -0.15) is 4.37 Å². The Balaban J connectivity index is 2.33. The molecule has 0 spiro atoms. The highest BCUT2D eigenvalue weighted by Gasteiger charge is 2.08. The number of halogens is 1. The smallest absolute Gasteiger partial charge is 0.174 e. The molecule has 3 nitrogen and oxygen atoms in total. The normalized spacial score (nSPS) is 10.5. The van der Waals surface area contributed by atoms with Crippen LogP contribution < -0.4 is 5.73 Å².